The van der Waals surface area contributed by atoms with E-state index in [1.54, 1.807) is 104 Å². The number of ether oxygens (including phenoxy) is 2. The Labute approximate surface area is 787 Å². The van der Waals surface area contributed by atoms with Crippen molar-refractivity contribution in [2.45, 2.75) is 235 Å². The molecule has 20 rings (SSSR count). The van der Waals surface area contributed by atoms with Crippen LogP contribution in [0.5, 0.6) is 0 Å². The number of carbonyl (C=O) groups is 2. The minimum atomic E-state index is -2.59. The van der Waals surface area contributed by atoms with Gasteiger partial charge in [0.2, 0.25) is 0 Å². The van der Waals surface area contributed by atoms with Crippen LogP contribution in [0, 0.1) is 51.2 Å². The lowest BCUT2D eigenvalue weighted by Crippen LogP contribution is -2.41. The predicted molar refractivity (Wildman–Crippen MR) is 521 cm³/mol. The van der Waals surface area contributed by atoms with Gasteiger partial charge in [0.25, 0.3) is 11.8 Å². The quantitative estimate of drug-likeness (QED) is 0.0596. The van der Waals surface area contributed by atoms with Gasteiger partial charge in [0.05, 0.1) is 57.4 Å². The molecule has 2 aliphatic carbocycles. The molecule has 32 heteroatoms. The molecule has 8 atom stereocenters. The molecule has 0 unspecified atom stereocenters. The van der Waals surface area contributed by atoms with Crippen molar-refractivity contribution in [3.8, 4) is 34.4 Å². The Morgan fingerprint density at radius 1 is 0.471 bits per heavy atom. The molecule has 0 radical (unpaired) electrons. The van der Waals surface area contributed by atoms with E-state index in [1.165, 1.54) is 11.1 Å². The molecular weight excluding hydrogens is 1770 g/mol. The maximum atomic E-state index is 15.6. The summed E-state index contributed by atoms with van der Waals surface area (Å²) in [5, 5.41) is 22.2. The summed E-state index contributed by atoms with van der Waals surface area (Å²) < 4.78 is 94.3. The normalized spacial score (nSPS) is 21.4. The molecule has 2 N–H and O–H groups in total. The number of nitrogens with one attached hydrogen (secondary N) is 2. The number of aromatic amines is 2. The largest absolute Gasteiger partial charge is 0.438 e. The number of amides is 2. The van der Waals surface area contributed by atoms with Gasteiger partial charge in [0, 0.05) is 132 Å². The third kappa shape index (κ3) is 15.4. The number of fused-ring (bicyclic) bond motifs is 4. The molecule has 4 fully saturated rings. The van der Waals surface area contributed by atoms with E-state index in [0.717, 1.165) is 80.6 Å². The first kappa shape index (κ1) is 92.9. The first-order chi connectivity index (χ1) is 64.9. The Morgan fingerprint density at radius 3 is 1.15 bits per heavy atom. The summed E-state index contributed by atoms with van der Waals surface area (Å²) in [6.45, 7) is 37.3. The molecule has 0 bridgehead atoms. The second-order valence-corrected chi connectivity index (χ2v) is 46.8. The molecule has 28 nitrogen and oxygen atoms in total. The van der Waals surface area contributed by atoms with Crippen LogP contribution < -0.4 is 33.5 Å². The number of aromatic nitrogens is 14. The Morgan fingerprint density at radius 2 is 0.831 bits per heavy atom. The van der Waals surface area contributed by atoms with Crippen molar-refractivity contribution >= 4 is 58.5 Å². The van der Waals surface area contributed by atoms with E-state index in [4.69, 9.17) is 28.7 Å². The summed E-state index contributed by atoms with van der Waals surface area (Å²) in [7, 11) is -5.19. The summed E-state index contributed by atoms with van der Waals surface area (Å²) in [4.78, 5) is 95.3. The molecule has 2 saturated carbocycles. The van der Waals surface area contributed by atoms with Crippen molar-refractivity contribution < 1.29 is 46.0 Å². The van der Waals surface area contributed by atoms with Crippen LogP contribution in [0.3, 0.4) is 0 Å². The first-order valence-corrected chi connectivity index (χ1v) is 52.2. The highest BCUT2D eigenvalue weighted by molar-refractivity contribution is 7.72. The van der Waals surface area contributed by atoms with Gasteiger partial charge >= 0.3 is 22.9 Å². The van der Waals surface area contributed by atoms with Gasteiger partial charge in [-0.25, -0.2) is 37.3 Å². The summed E-state index contributed by atoms with van der Waals surface area (Å²) in [5.41, 5.74) is 10.9. The van der Waals surface area contributed by atoms with Gasteiger partial charge < -0.3 is 37.5 Å². The maximum Gasteiger partial charge on any atom is 0.438 e. The highest BCUT2D eigenvalue weighted by Gasteiger charge is 2.61. The molecular formula is C104H120F2N16O12P2. The van der Waals surface area contributed by atoms with Crippen LogP contribution in [0.4, 0.5) is 8.78 Å². The van der Waals surface area contributed by atoms with Gasteiger partial charge in [0.1, 0.15) is 60.0 Å². The molecule has 712 valence electrons. The number of imidazole rings is 2. The summed E-state index contributed by atoms with van der Waals surface area (Å²) in [5.74, 6) is -0.174. The van der Waals surface area contributed by atoms with Crippen molar-refractivity contribution in [2.75, 3.05) is 51.0 Å². The van der Waals surface area contributed by atoms with Gasteiger partial charge in [-0.1, -0.05) is 77.8 Å². The molecule has 4 aliphatic heterocycles. The number of carbonyl (C=O) groups excluding carboxylic acids is 2. The molecule has 14 aromatic rings. The van der Waals surface area contributed by atoms with Gasteiger partial charge in [-0.3, -0.25) is 46.9 Å². The number of rotatable bonds is 22. The molecule has 2 amide bonds. The fourth-order valence-corrected chi connectivity index (χ4v) is 27.2. The summed E-state index contributed by atoms with van der Waals surface area (Å²) in [6.07, 6.45) is 15.9. The van der Waals surface area contributed by atoms with Gasteiger partial charge in [-0.05, 0) is 286 Å². The fraction of sp³-hybridized carbons (Fsp3) is 0.442. The number of halogens is 2. The third-order valence-electron chi connectivity index (χ3n) is 30.6. The number of H-pyrrole nitrogens is 2. The topological polar surface area (TPSA) is 310 Å². The van der Waals surface area contributed by atoms with Crippen molar-refractivity contribution in [1.82, 2.24) is 77.0 Å². The zero-order valence-corrected chi connectivity index (χ0v) is 82.5. The summed E-state index contributed by atoms with van der Waals surface area (Å²) in [6, 6.07) is 34.0. The first-order valence-electron chi connectivity index (χ1n) is 48.0. The second kappa shape index (κ2) is 34.6. The number of benzene rings is 6. The number of hydrogen-bond donors (Lipinski definition) is 2. The van der Waals surface area contributed by atoms with Crippen molar-refractivity contribution in [1.29, 1.82) is 0 Å². The Bertz CT molecular complexity index is 7040. The highest BCUT2D eigenvalue weighted by atomic mass is 31.2. The van der Waals surface area contributed by atoms with E-state index in [-0.39, 0.29) is 69.7 Å². The molecule has 8 aromatic heterocycles. The lowest BCUT2D eigenvalue weighted by atomic mass is 9.83. The third-order valence-corrected chi connectivity index (χ3v) is 37.3. The summed E-state index contributed by atoms with van der Waals surface area (Å²) >= 11 is 0. The average Bonchev–Trinajstić information content (AvgIpc) is 1.53. The van der Waals surface area contributed by atoms with Gasteiger partial charge in [0.15, 0.2) is 11.6 Å². The number of aryl methyl sites for hydroxylation is 6. The Kier molecular flexibility index (Phi) is 23.6. The predicted octanol–water partition coefficient (Wildman–Crippen LogP) is 18.0. The zero-order chi connectivity index (χ0) is 96.4. The van der Waals surface area contributed by atoms with E-state index in [9.17, 15) is 28.3 Å². The van der Waals surface area contributed by atoms with E-state index >= 15 is 18.4 Å². The minimum absolute atomic E-state index is 0.0162. The van der Waals surface area contributed by atoms with Crippen LogP contribution in [-0.4, -0.2) is 151 Å². The molecule has 136 heavy (non-hydrogen) atoms. The smallest absolute Gasteiger partial charge is 0.376 e. The molecule has 6 aromatic carbocycles. The SMILES string of the molecule is CCc1cc(-n2ccn(-c3c4c(nn3-c3cc(C)c(F)c(C)c3)CCN(C(=O)c3cc5cc([C@@H]6CCOC(C)(C)C6)ccc5n3[C@@]3(c5noc(=O)[nH]5)C[C@@H]3C)[C@H]4C)c2=O)ccc1P(=O)(CC)CC.CCc1cc(-n2ccn(-c3c4c(nn3-c3cc(C)c(F)c(C)c3)CCN(C(=O)c3cc5cc([C@H]6CCOC(C)(C)C6)ccc5n3[C@@]3(c5noc(=O)[nH]5)C[C@@H]3C)[C@H]4C)c2=O)ccc1P(=O)(CC)CC. The molecule has 12 heterocycles. The minimum Gasteiger partial charge on any atom is -0.376 e. The van der Waals surface area contributed by atoms with E-state index in [2.05, 4.69) is 107 Å². The van der Waals surface area contributed by atoms with Crippen LogP contribution >= 0.6 is 14.3 Å². The lowest BCUT2D eigenvalue weighted by Gasteiger charge is -2.35. The number of hydrogen-bond acceptors (Lipinski definition) is 16. The molecule has 0 spiro atoms. The van der Waals surface area contributed by atoms with Crippen molar-refractivity contribution in [3.05, 3.63) is 278 Å². The Balaban J connectivity index is 0.000000174. The monoisotopic (exact) mass is 1880 g/mol. The van der Waals surface area contributed by atoms with Crippen LogP contribution in [0.25, 0.3) is 56.2 Å². The maximum absolute atomic E-state index is 15.6. The fourth-order valence-electron chi connectivity index (χ4n) is 22.8. The molecule has 6 aliphatic rings. The second-order valence-electron chi connectivity index (χ2n) is 39.8. The van der Waals surface area contributed by atoms with E-state index < -0.39 is 49.0 Å². The zero-order valence-electron chi connectivity index (χ0n) is 80.7. The van der Waals surface area contributed by atoms with Crippen LogP contribution in [-0.2, 0) is 55.4 Å². The van der Waals surface area contributed by atoms with Gasteiger partial charge in [-0.2, -0.15) is 10.2 Å². The lowest BCUT2D eigenvalue weighted by molar-refractivity contribution is -0.0596. The van der Waals surface area contributed by atoms with E-state index in [0.29, 0.717) is 180 Å². The average molecular weight is 1890 g/mol. The van der Waals surface area contributed by atoms with Crippen molar-refractivity contribution in [2.24, 2.45) is 11.8 Å². The van der Waals surface area contributed by atoms with Crippen LogP contribution in [0.1, 0.15) is 259 Å². The van der Waals surface area contributed by atoms with Gasteiger partial charge in [-0.15, -0.1) is 0 Å². The van der Waals surface area contributed by atoms with E-state index in [1.807, 2.05) is 114 Å². The highest BCUT2D eigenvalue weighted by Crippen LogP contribution is 2.59. The van der Waals surface area contributed by atoms with Crippen molar-refractivity contribution in [3.63, 3.8) is 0 Å². The number of nitrogens with zero attached hydrogens (tertiary/aromatic N) is 14. The standard InChI is InChI=1S/2C52H60FN8O6P/c2*1-10-34-26-38(14-16-43(34)68(65,11-2)12-3)58-20-21-59(50(58)64)46-44-33(7)57(19-17-40(44)55-61(46)39-23-30(4)45(53)31(5)24-39)47(62)42-27-37-25-35(36-18-22-66-51(8,9)29-36)13-15-41(37)60(42)52(28-32(52)6)48-54-49(63)67-56-48/h2*13-16,20-21,23-27,32-33,36H,10-12,17-19,22,28-29H2,1-9H3,(H,54,56,63)/t32-,33-,36+,52-;32-,33-,36-,52-/m00/s1. The Hall–Kier alpha value is -12.1. The van der Waals surface area contributed by atoms with Crippen LogP contribution in [0.2, 0.25) is 0 Å². The molecule has 2 saturated heterocycles. The van der Waals surface area contributed by atoms with Crippen LogP contribution in [0.15, 0.2) is 162 Å².